The van der Waals surface area contributed by atoms with E-state index < -0.39 is 11.7 Å². The molecule has 28 heavy (non-hydrogen) atoms. The van der Waals surface area contributed by atoms with Crippen molar-refractivity contribution < 1.29 is 13.2 Å². The van der Waals surface area contributed by atoms with E-state index in [2.05, 4.69) is 25.7 Å². The smallest absolute Gasteiger partial charge is 0.338 e. The van der Waals surface area contributed by atoms with E-state index in [0.29, 0.717) is 11.5 Å². The number of aryl methyl sites for hydroxylation is 1. The highest BCUT2D eigenvalue weighted by Gasteiger charge is 2.29. The number of hydrogen-bond acceptors (Lipinski definition) is 5. The number of anilines is 2. The van der Waals surface area contributed by atoms with E-state index in [9.17, 15) is 13.2 Å². The molecule has 0 saturated carbocycles. The van der Waals surface area contributed by atoms with Gasteiger partial charge in [0, 0.05) is 22.0 Å². The molecule has 8 heteroatoms. The largest absolute Gasteiger partial charge is 0.416 e. The number of alkyl halides is 3. The number of fused-ring (bicyclic) bond motifs is 1. The summed E-state index contributed by atoms with van der Waals surface area (Å²) in [6.07, 6.45) is 0.670. The Morgan fingerprint density at radius 2 is 1.61 bits per heavy atom. The fourth-order valence-electron chi connectivity index (χ4n) is 2.91. The number of halogens is 3. The Morgan fingerprint density at radius 3 is 2.32 bits per heavy atom. The number of nitrogens with one attached hydrogen (secondary N) is 1. The van der Waals surface area contributed by atoms with Gasteiger partial charge in [-0.05, 0) is 54.4 Å². The van der Waals surface area contributed by atoms with Crippen molar-refractivity contribution in [3.05, 3.63) is 72.2 Å². The van der Waals surface area contributed by atoms with Crippen LogP contribution in [-0.2, 0) is 6.18 Å². The summed E-state index contributed by atoms with van der Waals surface area (Å²) in [6.45, 7) is 1.95. The van der Waals surface area contributed by atoms with Crippen LogP contribution in [0, 0.1) is 6.92 Å². The SMILES string of the molecule is Cc1cnncc1-c1ccc2c(Nc3ccc(C(F)(F)F)cc3)nncc2c1. The molecule has 0 fully saturated rings. The molecular weight excluding hydrogens is 367 g/mol. The average molecular weight is 381 g/mol. The van der Waals surface area contributed by atoms with E-state index in [1.54, 1.807) is 18.6 Å². The molecule has 0 radical (unpaired) electrons. The van der Waals surface area contributed by atoms with Crippen LogP contribution in [0.4, 0.5) is 24.7 Å². The molecule has 140 valence electrons. The minimum atomic E-state index is -4.37. The Morgan fingerprint density at radius 1 is 0.857 bits per heavy atom. The van der Waals surface area contributed by atoms with Gasteiger partial charge in [0.25, 0.3) is 0 Å². The van der Waals surface area contributed by atoms with E-state index in [1.807, 2.05) is 25.1 Å². The van der Waals surface area contributed by atoms with Gasteiger partial charge >= 0.3 is 6.18 Å². The van der Waals surface area contributed by atoms with Crippen molar-refractivity contribution in [2.24, 2.45) is 0 Å². The number of nitrogens with zero attached hydrogens (tertiary/aromatic N) is 4. The molecule has 0 amide bonds. The van der Waals surface area contributed by atoms with Gasteiger partial charge in [-0.15, -0.1) is 5.10 Å². The van der Waals surface area contributed by atoms with Crippen LogP contribution in [-0.4, -0.2) is 20.4 Å². The average Bonchev–Trinajstić information content (AvgIpc) is 2.68. The van der Waals surface area contributed by atoms with Gasteiger partial charge in [-0.1, -0.05) is 6.07 Å². The third-order valence-electron chi connectivity index (χ3n) is 4.38. The lowest BCUT2D eigenvalue weighted by atomic mass is 10.0. The third kappa shape index (κ3) is 3.48. The lowest BCUT2D eigenvalue weighted by molar-refractivity contribution is -0.137. The Labute approximate surface area is 158 Å². The predicted octanol–water partition coefficient (Wildman–Crippen LogP) is 5.16. The van der Waals surface area contributed by atoms with Gasteiger partial charge in [-0.25, -0.2) is 0 Å². The second-order valence-corrected chi connectivity index (χ2v) is 6.28. The highest BCUT2D eigenvalue weighted by Crippen LogP contribution is 2.32. The summed E-state index contributed by atoms with van der Waals surface area (Å²) in [5.74, 6) is 0.466. The van der Waals surface area contributed by atoms with E-state index in [1.165, 1.54) is 12.1 Å². The molecule has 4 aromatic rings. The van der Waals surface area contributed by atoms with Crippen molar-refractivity contribution in [3.8, 4) is 11.1 Å². The van der Waals surface area contributed by atoms with Crippen LogP contribution >= 0.6 is 0 Å². The molecule has 0 aliphatic rings. The van der Waals surface area contributed by atoms with Crippen molar-refractivity contribution in [2.45, 2.75) is 13.1 Å². The molecule has 2 heterocycles. The van der Waals surface area contributed by atoms with Crippen LogP contribution in [0.3, 0.4) is 0 Å². The molecule has 0 bridgehead atoms. The number of hydrogen-bond donors (Lipinski definition) is 1. The molecule has 4 rings (SSSR count). The predicted molar refractivity (Wildman–Crippen MR) is 100 cm³/mol. The third-order valence-corrected chi connectivity index (χ3v) is 4.38. The topological polar surface area (TPSA) is 63.6 Å². The molecule has 1 N–H and O–H groups in total. The second kappa shape index (κ2) is 6.88. The van der Waals surface area contributed by atoms with Gasteiger partial charge in [-0.3, -0.25) is 0 Å². The van der Waals surface area contributed by atoms with Crippen LogP contribution in [0.1, 0.15) is 11.1 Å². The molecule has 0 atom stereocenters. The summed E-state index contributed by atoms with van der Waals surface area (Å²) in [7, 11) is 0. The summed E-state index contributed by atoms with van der Waals surface area (Å²) >= 11 is 0. The number of benzene rings is 2. The molecular formula is C20H14F3N5. The summed E-state index contributed by atoms with van der Waals surface area (Å²) in [6, 6.07) is 10.6. The fourth-order valence-corrected chi connectivity index (χ4v) is 2.91. The standard InChI is InChI=1S/C20H14F3N5/c1-12-9-24-25-11-18(12)13-2-7-17-14(8-13)10-26-28-19(17)27-16-5-3-15(4-6-16)20(21,22)23/h2-11H,1H3,(H,27,28). The number of rotatable bonds is 3. The van der Waals surface area contributed by atoms with Crippen LogP contribution in [0.15, 0.2) is 61.1 Å². The van der Waals surface area contributed by atoms with Crippen molar-refractivity contribution in [3.63, 3.8) is 0 Å². The van der Waals surface area contributed by atoms with E-state index in [0.717, 1.165) is 39.6 Å². The van der Waals surface area contributed by atoms with Crippen LogP contribution in [0.5, 0.6) is 0 Å². The zero-order valence-electron chi connectivity index (χ0n) is 14.7. The Kier molecular flexibility index (Phi) is 4.38. The lowest BCUT2D eigenvalue weighted by Gasteiger charge is -2.11. The summed E-state index contributed by atoms with van der Waals surface area (Å²) in [5, 5.41) is 20.6. The Bertz CT molecular complexity index is 1140. The minimum absolute atomic E-state index is 0.466. The summed E-state index contributed by atoms with van der Waals surface area (Å²) in [4.78, 5) is 0. The van der Waals surface area contributed by atoms with Crippen molar-refractivity contribution >= 4 is 22.3 Å². The van der Waals surface area contributed by atoms with Gasteiger partial charge in [0.2, 0.25) is 0 Å². The van der Waals surface area contributed by atoms with Gasteiger partial charge in [0.15, 0.2) is 5.82 Å². The normalized spacial score (nSPS) is 11.6. The highest BCUT2D eigenvalue weighted by atomic mass is 19.4. The van der Waals surface area contributed by atoms with Crippen LogP contribution in [0.2, 0.25) is 0 Å². The molecule has 0 spiro atoms. The maximum Gasteiger partial charge on any atom is 0.416 e. The highest BCUT2D eigenvalue weighted by molar-refractivity contribution is 5.95. The lowest BCUT2D eigenvalue weighted by Crippen LogP contribution is -2.04. The Hall–Kier alpha value is -3.55. The quantitative estimate of drug-likeness (QED) is 0.531. The van der Waals surface area contributed by atoms with Crippen molar-refractivity contribution in [1.29, 1.82) is 0 Å². The fraction of sp³-hybridized carbons (Fsp3) is 0.100. The van der Waals surface area contributed by atoms with Crippen molar-refractivity contribution in [1.82, 2.24) is 20.4 Å². The maximum atomic E-state index is 12.7. The van der Waals surface area contributed by atoms with Crippen LogP contribution < -0.4 is 5.32 Å². The minimum Gasteiger partial charge on any atom is -0.338 e. The van der Waals surface area contributed by atoms with Gasteiger partial charge in [0.1, 0.15) is 0 Å². The van der Waals surface area contributed by atoms with E-state index >= 15 is 0 Å². The first-order valence-electron chi connectivity index (χ1n) is 8.39. The van der Waals surface area contributed by atoms with E-state index in [4.69, 9.17) is 0 Å². The maximum absolute atomic E-state index is 12.7. The summed E-state index contributed by atoms with van der Waals surface area (Å²) < 4.78 is 38.1. The first-order chi connectivity index (χ1) is 13.4. The van der Waals surface area contributed by atoms with Crippen LogP contribution in [0.25, 0.3) is 21.9 Å². The van der Waals surface area contributed by atoms with Gasteiger partial charge in [0.05, 0.1) is 24.2 Å². The zero-order valence-corrected chi connectivity index (χ0v) is 14.7. The molecule has 0 aliphatic carbocycles. The second-order valence-electron chi connectivity index (χ2n) is 6.28. The zero-order chi connectivity index (χ0) is 19.7. The molecule has 0 unspecified atom stereocenters. The van der Waals surface area contributed by atoms with Crippen molar-refractivity contribution in [2.75, 3.05) is 5.32 Å². The first-order valence-corrected chi connectivity index (χ1v) is 8.39. The first kappa shape index (κ1) is 17.8. The number of aromatic nitrogens is 4. The molecule has 2 aromatic carbocycles. The summed E-state index contributed by atoms with van der Waals surface area (Å²) in [5.41, 5.74) is 2.72. The molecule has 2 aromatic heterocycles. The molecule has 0 saturated heterocycles. The Balaban J connectivity index is 1.68. The van der Waals surface area contributed by atoms with E-state index in [-0.39, 0.29) is 0 Å². The monoisotopic (exact) mass is 381 g/mol. The van der Waals surface area contributed by atoms with Gasteiger partial charge in [-0.2, -0.15) is 28.5 Å². The molecule has 5 nitrogen and oxygen atoms in total. The molecule has 0 aliphatic heterocycles. The van der Waals surface area contributed by atoms with Gasteiger partial charge < -0.3 is 5.32 Å².